The highest BCUT2D eigenvalue weighted by Crippen LogP contribution is 2.37. The number of carboxylic acid groups (broad SMARTS) is 2. The predicted octanol–water partition coefficient (Wildman–Crippen LogP) is 4.57. The third-order valence-corrected chi connectivity index (χ3v) is 5.03. The van der Waals surface area contributed by atoms with Crippen LogP contribution in [0.15, 0.2) is 12.1 Å². The summed E-state index contributed by atoms with van der Waals surface area (Å²) in [4.78, 5) is 44.8. The van der Waals surface area contributed by atoms with Gasteiger partial charge in [-0.3, -0.25) is 0 Å². The van der Waals surface area contributed by atoms with Crippen LogP contribution in [-0.2, 0) is 9.78 Å². The van der Waals surface area contributed by atoms with E-state index < -0.39 is 34.3 Å². The molecule has 0 heterocycles. The highest BCUT2D eigenvalue weighted by Gasteiger charge is 2.32. The number of aromatic carboxylic acids is 2. The minimum absolute atomic E-state index is 0.0314. The van der Waals surface area contributed by atoms with Crippen molar-refractivity contribution in [3.8, 4) is 11.5 Å². The average Bonchev–Trinajstić information content (AvgIpc) is 2.57. The molecule has 0 bridgehead atoms. The summed E-state index contributed by atoms with van der Waals surface area (Å²) in [5.74, 6) is -3.27. The van der Waals surface area contributed by atoms with E-state index in [-0.39, 0.29) is 23.3 Å². The van der Waals surface area contributed by atoms with Crippen LogP contribution in [0.5, 0.6) is 11.5 Å². The van der Waals surface area contributed by atoms with E-state index in [1.807, 2.05) is 27.7 Å². The van der Waals surface area contributed by atoms with Crippen molar-refractivity contribution in [2.24, 2.45) is 11.8 Å². The topological polar surface area (TPSA) is 112 Å². The monoisotopic (exact) mass is 398 g/mol. The molecule has 2 N–H and O–H groups in total. The van der Waals surface area contributed by atoms with Gasteiger partial charge in [-0.25, -0.2) is 9.59 Å². The van der Waals surface area contributed by atoms with Crippen molar-refractivity contribution in [2.45, 2.75) is 66.6 Å². The Balaban J connectivity index is 3.40. The maximum absolute atomic E-state index is 11.8. The van der Waals surface area contributed by atoms with E-state index in [9.17, 15) is 19.8 Å². The van der Waals surface area contributed by atoms with Gasteiger partial charge in [0.05, 0.1) is 5.56 Å². The van der Waals surface area contributed by atoms with E-state index in [0.29, 0.717) is 0 Å². The molecule has 0 saturated carbocycles. The van der Waals surface area contributed by atoms with Crippen LogP contribution in [0, 0.1) is 11.8 Å². The fraction of sp³-hybridized carbons (Fsp3) is 0.600. The Bertz CT molecular complexity index is 719. The van der Waals surface area contributed by atoms with Crippen LogP contribution >= 0.6 is 0 Å². The van der Waals surface area contributed by atoms with Gasteiger partial charge >= 0.3 is 11.9 Å². The standard InChI is InChI=1S/C20H30O8/c1-11(2)19(5,6)27-25-14-10-9-13(17(21)22)15(18(23)24)16(14)26-28-20(7,8)12(3)4/h9-12H,1-8H3,(H,21,22)(H,23,24). The average molecular weight is 398 g/mol. The van der Waals surface area contributed by atoms with Gasteiger partial charge in [-0.05, 0) is 51.7 Å². The first-order valence-corrected chi connectivity index (χ1v) is 9.05. The summed E-state index contributed by atoms with van der Waals surface area (Å²) in [6.45, 7) is 14.8. The maximum atomic E-state index is 11.8. The summed E-state index contributed by atoms with van der Waals surface area (Å²) in [6.07, 6.45) is 0. The van der Waals surface area contributed by atoms with Crippen molar-refractivity contribution in [1.82, 2.24) is 0 Å². The number of carbonyl (C=O) groups is 2. The van der Waals surface area contributed by atoms with E-state index in [0.717, 1.165) is 6.07 Å². The Morgan fingerprint density at radius 1 is 0.821 bits per heavy atom. The van der Waals surface area contributed by atoms with Crippen molar-refractivity contribution in [2.75, 3.05) is 0 Å². The summed E-state index contributed by atoms with van der Waals surface area (Å²) in [6, 6.07) is 2.39. The largest absolute Gasteiger partial charge is 0.478 e. The lowest BCUT2D eigenvalue weighted by Crippen LogP contribution is -2.33. The molecule has 0 radical (unpaired) electrons. The van der Waals surface area contributed by atoms with Crippen molar-refractivity contribution in [3.63, 3.8) is 0 Å². The van der Waals surface area contributed by atoms with Gasteiger partial charge < -0.3 is 20.0 Å². The smallest absolute Gasteiger partial charge is 0.340 e. The zero-order valence-corrected chi connectivity index (χ0v) is 17.7. The quantitative estimate of drug-likeness (QED) is 0.435. The molecule has 0 spiro atoms. The third kappa shape index (κ3) is 5.59. The lowest BCUT2D eigenvalue weighted by atomic mass is 9.95. The van der Waals surface area contributed by atoms with Gasteiger partial charge in [0.2, 0.25) is 11.5 Å². The summed E-state index contributed by atoms with van der Waals surface area (Å²) in [5, 5.41) is 18.9. The number of hydrogen-bond acceptors (Lipinski definition) is 6. The van der Waals surface area contributed by atoms with Crippen LogP contribution in [0.1, 0.15) is 76.1 Å². The van der Waals surface area contributed by atoms with Gasteiger partial charge in [-0.1, -0.05) is 27.7 Å². The molecule has 0 aromatic heterocycles. The highest BCUT2D eigenvalue weighted by atomic mass is 17.2. The molecule has 8 nitrogen and oxygen atoms in total. The molecule has 1 aromatic carbocycles. The van der Waals surface area contributed by atoms with Crippen LogP contribution in [0.2, 0.25) is 0 Å². The Morgan fingerprint density at radius 3 is 1.68 bits per heavy atom. The molecule has 0 fully saturated rings. The molecule has 0 amide bonds. The van der Waals surface area contributed by atoms with E-state index >= 15 is 0 Å². The molecule has 0 unspecified atom stereocenters. The van der Waals surface area contributed by atoms with Crippen LogP contribution in [0.3, 0.4) is 0 Å². The van der Waals surface area contributed by atoms with Gasteiger partial charge in [-0.15, -0.1) is 0 Å². The van der Waals surface area contributed by atoms with E-state index in [2.05, 4.69) is 0 Å². The van der Waals surface area contributed by atoms with Crippen molar-refractivity contribution >= 4 is 11.9 Å². The normalized spacial score (nSPS) is 12.4. The second-order valence-electron chi connectivity index (χ2n) is 8.28. The molecule has 0 aliphatic carbocycles. The summed E-state index contributed by atoms with van der Waals surface area (Å²) >= 11 is 0. The molecule has 1 aromatic rings. The molecule has 8 heteroatoms. The van der Waals surface area contributed by atoms with Crippen molar-refractivity contribution in [3.05, 3.63) is 23.3 Å². The second kappa shape index (κ2) is 8.79. The predicted molar refractivity (Wildman–Crippen MR) is 102 cm³/mol. The van der Waals surface area contributed by atoms with Crippen molar-refractivity contribution in [1.29, 1.82) is 0 Å². The molecule has 0 aliphatic rings. The van der Waals surface area contributed by atoms with Gasteiger partial charge in [0.25, 0.3) is 0 Å². The molecule has 1 rings (SSSR count). The Labute approximate surface area is 165 Å². The zero-order chi connectivity index (χ0) is 21.9. The lowest BCUT2D eigenvalue weighted by Gasteiger charge is -2.29. The fourth-order valence-corrected chi connectivity index (χ4v) is 1.60. The van der Waals surface area contributed by atoms with E-state index in [1.54, 1.807) is 27.7 Å². The first-order chi connectivity index (χ1) is 12.7. The Morgan fingerprint density at radius 2 is 1.29 bits per heavy atom. The second-order valence-corrected chi connectivity index (χ2v) is 8.28. The molecule has 0 saturated heterocycles. The van der Waals surface area contributed by atoms with Crippen molar-refractivity contribution < 1.29 is 39.4 Å². The van der Waals surface area contributed by atoms with Crippen LogP contribution < -0.4 is 9.78 Å². The molecule has 0 aliphatic heterocycles. The van der Waals surface area contributed by atoms with Crippen LogP contribution in [-0.4, -0.2) is 33.4 Å². The first kappa shape index (κ1) is 23.7. The summed E-state index contributed by atoms with van der Waals surface area (Å²) in [7, 11) is 0. The van der Waals surface area contributed by atoms with Gasteiger partial charge in [0.1, 0.15) is 16.8 Å². The van der Waals surface area contributed by atoms with Gasteiger partial charge in [-0.2, -0.15) is 9.78 Å². The minimum Gasteiger partial charge on any atom is -0.478 e. The Kier molecular flexibility index (Phi) is 7.45. The van der Waals surface area contributed by atoms with Gasteiger partial charge in [0, 0.05) is 0 Å². The van der Waals surface area contributed by atoms with Crippen LogP contribution in [0.25, 0.3) is 0 Å². The summed E-state index contributed by atoms with van der Waals surface area (Å²) in [5.41, 5.74) is -2.51. The number of carboxylic acids is 2. The fourth-order valence-electron chi connectivity index (χ4n) is 1.60. The number of hydrogen-bond donors (Lipinski definition) is 2. The van der Waals surface area contributed by atoms with E-state index in [4.69, 9.17) is 19.6 Å². The van der Waals surface area contributed by atoms with Crippen LogP contribution in [0.4, 0.5) is 0 Å². The molecule has 158 valence electrons. The molecule has 28 heavy (non-hydrogen) atoms. The Hall–Kier alpha value is -2.32. The highest BCUT2D eigenvalue weighted by molar-refractivity contribution is 6.04. The minimum atomic E-state index is -1.49. The number of benzene rings is 1. The zero-order valence-electron chi connectivity index (χ0n) is 17.7. The summed E-state index contributed by atoms with van der Waals surface area (Å²) < 4.78 is 0. The van der Waals surface area contributed by atoms with E-state index in [1.165, 1.54) is 6.07 Å². The molecular formula is C20H30O8. The SMILES string of the molecule is CC(C)C(C)(C)OOc1ccc(C(=O)O)c(C(=O)O)c1OOC(C)(C)C(C)C. The molecular weight excluding hydrogens is 368 g/mol. The number of rotatable bonds is 10. The molecule has 0 atom stereocenters. The third-order valence-electron chi connectivity index (χ3n) is 5.03. The van der Waals surface area contributed by atoms with Gasteiger partial charge in [0.15, 0.2) is 0 Å². The lowest BCUT2D eigenvalue weighted by molar-refractivity contribution is -0.309. The first-order valence-electron chi connectivity index (χ1n) is 9.05. The maximum Gasteiger partial charge on any atom is 0.340 e.